The summed E-state index contributed by atoms with van der Waals surface area (Å²) in [5.74, 6) is 1.28. The predicted molar refractivity (Wildman–Crippen MR) is 122 cm³/mol. The summed E-state index contributed by atoms with van der Waals surface area (Å²) in [6.45, 7) is 7.12. The average molecular weight is 443 g/mol. The van der Waals surface area contributed by atoms with E-state index in [0.29, 0.717) is 16.5 Å². The highest BCUT2D eigenvalue weighted by atomic mass is 35.5. The van der Waals surface area contributed by atoms with Gasteiger partial charge >= 0.3 is 0 Å². The molecule has 1 amide bonds. The highest BCUT2D eigenvalue weighted by Crippen LogP contribution is 2.24. The summed E-state index contributed by atoms with van der Waals surface area (Å²) < 4.78 is 13.2. The number of anilines is 1. The largest absolute Gasteiger partial charge is 0.482 e. The fraction of sp³-hybridized carbons (Fsp3) is 0.391. The maximum atomic E-state index is 12.3. The molecule has 0 unspecified atom stereocenters. The Balaban J connectivity index is 1.46. The topological polar surface area (TPSA) is 68.6 Å². The standard InChI is InChI=1S/C23H27ClN4O3/c1-2-9-28-20-8-7-17(25-23(29)16-31-21-6-4-3-5-18(21)24)14-19(20)26-22(28)15-27-10-12-30-13-11-27/h3-8,14H,2,9-13,15-16H2,1H3,(H,25,29). The Kier molecular flexibility index (Phi) is 7.06. The van der Waals surface area contributed by atoms with E-state index in [4.69, 9.17) is 26.1 Å². The molecule has 0 bridgehead atoms. The van der Waals surface area contributed by atoms with Gasteiger partial charge in [0, 0.05) is 25.3 Å². The number of carbonyl (C=O) groups is 1. The zero-order valence-corrected chi connectivity index (χ0v) is 18.4. The van der Waals surface area contributed by atoms with Crippen LogP contribution in [0.2, 0.25) is 5.02 Å². The third-order valence-corrected chi connectivity index (χ3v) is 5.53. The molecule has 2 heterocycles. The molecule has 2 aromatic carbocycles. The molecule has 0 saturated carbocycles. The third-order valence-electron chi connectivity index (χ3n) is 5.22. The molecule has 1 aliphatic heterocycles. The number of imidazole rings is 1. The van der Waals surface area contributed by atoms with Crippen molar-refractivity contribution in [2.45, 2.75) is 26.4 Å². The van der Waals surface area contributed by atoms with Gasteiger partial charge in [-0.25, -0.2) is 4.98 Å². The van der Waals surface area contributed by atoms with Gasteiger partial charge in [0.15, 0.2) is 6.61 Å². The molecule has 164 valence electrons. The van der Waals surface area contributed by atoms with E-state index in [0.717, 1.165) is 62.7 Å². The van der Waals surface area contributed by atoms with Crippen LogP contribution < -0.4 is 10.1 Å². The SMILES string of the molecule is CCCn1c(CN2CCOCC2)nc2cc(NC(=O)COc3ccccc3Cl)ccc21. The summed E-state index contributed by atoms with van der Waals surface area (Å²) in [6.07, 6.45) is 1.03. The molecule has 8 heteroatoms. The van der Waals surface area contributed by atoms with Crippen molar-refractivity contribution < 1.29 is 14.3 Å². The van der Waals surface area contributed by atoms with Crippen molar-refractivity contribution in [1.29, 1.82) is 0 Å². The monoisotopic (exact) mass is 442 g/mol. The lowest BCUT2D eigenvalue weighted by molar-refractivity contribution is -0.118. The Labute approximate surface area is 186 Å². The molecule has 3 aromatic rings. The lowest BCUT2D eigenvalue weighted by Gasteiger charge is -2.26. The fourth-order valence-electron chi connectivity index (χ4n) is 3.71. The number of aryl methyl sites for hydroxylation is 1. The van der Waals surface area contributed by atoms with Crippen LogP contribution in [0.25, 0.3) is 11.0 Å². The molecular formula is C23H27ClN4O3. The van der Waals surface area contributed by atoms with Crippen molar-refractivity contribution in [3.05, 3.63) is 53.3 Å². The van der Waals surface area contributed by atoms with E-state index in [-0.39, 0.29) is 12.5 Å². The Morgan fingerprint density at radius 1 is 1.23 bits per heavy atom. The Hall–Kier alpha value is -2.61. The smallest absolute Gasteiger partial charge is 0.262 e. The Morgan fingerprint density at radius 2 is 2.03 bits per heavy atom. The zero-order valence-electron chi connectivity index (χ0n) is 17.6. The van der Waals surface area contributed by atoms with E-state index in [9.17, 15) is 4.79 Å². The number of rotatable bonds is 8. The van der Waals surface area contributed by atoms with Gasteiger partial charge in [-0.15, -0.1) is 0 Å². The number of morpholine rings is 1. The first kappa shape index (κ1) is 21.6. The number of carbonyl (C=O) groups excluding carboxylic acids is 1. The van der Waals surface area contributed by atoms with Crippen LogP contribution in [-0.4, -0.2) is 53.3 Å². The highest BCUT2D eigenvalue weighted by molar-refractivity contribution is 6.32. The van der Waals surface area contributed by atoms with Crippen LogP contribution in [0.4, 0.5) is 5.69 Å². The van der Waals surface area contributed by atoms with Gasteiger partial charge in [0.1, 0.15) is 11.6 Å². The predicted octanol–water partition coefficient (Wildman–Crippen LogP) is 3.95. The number of ether oxygens (including phenoxy) is 2. The quantitative estimate of drug-likeness (QED) is 0.572. The Morgan fingerprint density at radius 3 is 2.81 bits per heavy atom. The molecule has 0 radical (unpaired) electrons. The van der Waals surface area contributed by atoms with Crippen molar-refractivity contribution in [3.63, 3.8) is 0 Å². The van der Waals surface area contributed by atoms with E-state index in [2.05, 4.69) is 21.7 Å². The minimum Gasteiger partial charge on any atom is -0.482 e. The molecular weight excluding hydrogens is 416 g/mol. The van der Waals surface area contributed by atoms with E-state index in [1.165, 1.54) is 0 Å². The van der Waals surface area contributed by atoms with Crippen LogP contribution >= 0.6 is 11.6 Å². The number of para-hydroxylation sites is 1. The molecule has 1 aliphatic rings. The summed E-state index contributed by atoms with van der Waals surface area (Å²) in [7, 11) is 0. The van der Waals surface area contributed by atoms with E-state index in [1.54, 1.807) is 12.1 Å². The molecule has 7 nitrogen and oxygen atoms in total. The van der Waals surface area contributed by atoms with Crippen LogP contribution in [0.5, 0.6) is 5.75 Å². The minimum absolute atomic E-state index is 0.117. The first-order valence-electron chi connectivity index (χ1n) is 10.6. The second-order valence-electron chi connectivity index (χ2n) is 7.54. The van der Waals surface area contributed by atoms with Gasteiger partial charge in [-0.3, -0.25) is 9.69 Å². The summed E-state index contributed by atoms with van der Waals surface area (Å²) in [4.78, 5) is 19.6. The summed E-state index contributed by atoms with van der Waals surface area (Å²) >= 11 is 6.07. The number of fused-ring (bicyclic) bond motifs is 1. The van der Waals surface area contributed by atoms with Crippen LogP contribution in [0, 0.1) is 0 Å². The maximum absolute atomic E-state index is 12.3. The van der Waals surface area contributed by atoms with Crippen molar-refractivity contribution in [2.75, 3.05) is 38.2 Å². The van der Waals surface area contributed by atoms with Crippen molar-refractivity contribution in [3.8, 4) is 5.75 Å². The van der Waals surface area contributed by atoms with Crippen LogP contribution in [-0.2, 0) is 22.6 Å². The maximum Gasteiger partial charge on any atom is 0.262 e. The number of hydrogen-bond acceptors (Lipinski definition) is 5. The van der Waals surface area contributed by atoms with Gasteiger partial charge in [0.2, 0.25) is 0 Å². The Bertz CT molecular complexity index is 1050. The van der Waals surface area contributed by atoms with Gasteiger partial charge in [0.05, 0.1) is 35.8 Å². The molecule has 0 atom stereocenters. The summed E-state index contributed by atoms with van der Waals surface area (Å²) in [6, 6.07) is 12.9. The number of nitrogens with zero attached hydrogens (tertiary/aromatic N) is 3. The number of nitrogens with one attached hydrogen (secondary N) is 1. The van der Waals surface area contributed by atoms with Crippen molar-refractivity contribution >= 4 is 34.2 Å². The molecule has 1 fully saturated rings. The third kappa shape index (κ3) is 5.36. The normalized spacial score (nSPS) is 14.6. The second kappa shape index (κ2) is 10.1. The lowest BCUT2D eigenvalue weighted by atomic mass is 10.2. The minimum atomic E-state index is -0.249. The second-order valence-corrected chi connectivity index (χ2v) is 7.95. The number of hydrogen-bond donors (Lipinski definition) is 1. The fourth-order valence-corrected chi connectivity index (χ4v) is 3.90. The lowest BCUT2D eigenvalue weighted by Crippen LogP contribution is -2.36. The van der Waals surface area contributed by atoms with Gasteiger partial charge in [-0.05, 0) is 36.8 Å². The molecule has 31 heavy (non-hydrogen) atoms. The van der Waals surface area contributed by atoms with Gasteiger partial charge in [-0.2, -0.15) is 0 Å². The number of aromatic nitrogens is 2. The van der Waals surface area contributed by atoms with Gasteiger partial charge in [0.25, 0.3) is 5.91 Å². The molecule has 1 N–H and O–H groups in total. The van der Waals surface area contributed by atoms with Gasteiger partial charge in [-0.1, -0.05) is 30.7 Å². The molecule has 0 spiro atoms. The molecule has 4 rings (SSSR count). The number of amides is 1. The van der Waals surface area contributed by atoms with E-state index < -0.39 is 0 Å². The first-order chi connectivity index (χ1) is 15.1. The van der Waals surface area contributed by atoms with Crippen molar-refractivity contribution in [1.82, 2.24) is 14.5 Å². The first-order valence-corrected chi connectivity index (χ1v) is 11.0. The van der Waals surface area contributed by atoms with Crippen LogP contribution in [0.15, 0.2) is 42.5 Å². The molecule has 1 saturated heterocycles. The number of benzene rings is 2. The zero-order chi connectivity index (χ0) is 21.6. The average Bonchev–Trinajstić information content (AvgIpc) is 3.10. The summed E-state index contributed by atoms with van der Waals surface area (Å²) in [5, 5.41) is 3.36. The molecule has 0 aliphatic carbocycles. The van der Waals surface area contributed by atoms with Crippen molar-refractivity contribution in [2.24, 2.45) is 0 Å². The number of halogens is 1. The van der Waals surface area contributed by atoms with E-state index in [1.807, 2.05) is 30.3 Å². The van der Waals surface area contributed by atoms with Crippen LogP contribution in [0.1, 0.15) is 19.2 Å². The van der Waals surface area contributed by atoms with Crippen LogP contribution in [0.3, 0.4) is 0 Å². The highest BCUT2D eigenvalue weighted by Gasteiger charge is 2.17. The molecule has 1 aromatic heterocycles. The summed E-state index contributed by atoms with van der Waals surface area (Å²) in [5.41, 5.74) is 2.65. The van der Waals surface area contributed by atoms with E-state index >= 15 is 0 Å². The van der Waals surface area contributed by atoms with Gasteiger partial charge < -0.3 is 19.4 Å².